The predicted molar refractivity (Wildman–Crippen MR) is 114 cm³/mol. The quantitative estimate of drug-likeness (QED) is 0.692. The topological polar surface area (TPSA) is 90.5 Å². The van der Waals surface area contributed by atoms with E-state index < -0.39 is 0 Å². The third-order valence-electron chi connectivity index (χ3n) is 4.49. The molecule has 3 aromatic rings. The van der Waals surface area contributed by atoms with Gasteiger partial charge in [0.15, 0.2) is 0 Å². The standard InChI is InChI=1S/C20H20N6O2S/c27-18(25-11-13-26(14-12-25)19-21-9-4-10-22-19)16-7-8-17(29-16)24-20(28)23-15-5-2-1-3-6-15/h1-10H,11-14H2,(H2,23,24,28). The van der Waals surface area contributed by atoms with E-state index in [1.165, 1.54) is 11.3 Å². The van der Waals surface area contributed by atoms with E-state index >= 15 is 0 Å². The number of thiophene rings is 1. The van der Waals surface area contributed by atoms with Gasteiger partial charge >= 0.3 is 6.03 Å². The number of nitrogens with zero attached hydrogens (tertiary/aromatic N) is 4. The number of urea groups is 1. The summed E-state index contributed by atoms with van der Waals surface area (Å²) in [6.45, 7) is 2.58. The average Bonchev–Trinajstić information content (AvgIpc) is 3.23. The highest BCUT2D eigenvalue weighted by molar-refractivity contribution is 7.18. The summed E-state index contributed by atoms with van der Waals surface area (Å²) < 4.78 is 0. The lowest BCUT2D eigenvalue weighted by Gasteiger charge is -2.34. The minimum atomic E-state index is -0.339. The molecule has 8 nitrogen and oxygen atoms in total. The van der Waals surface area contributed by atoms with Crippen molar-refractivity contribution in [3.63, 3.8) is 0 Å². The molecule has 0 atom stereocenters. The van der Waals surface area contributed by atoms with Gasteiger partial charge in [-0.1, -0.05) is 18.2 Å². The predicted octanol–water partition coefficient (Wildman–Crippen LogP) is 3.14. The maximum Gasteiger partial charge on any atom is 0.324 e. The van der Waals surface area contributed by atoms with Crippen LogP contribution in [-0.4, -0.2) is 53.0 Å². The Balaban J connectivity index is 1.31. The Morgan fingerprint density at radius 2 is 1.59 bits per heavy atom. The second-order valence-corrected chi connectivity index (χ2v) is 7.52. The zero-order chi connectivity index (χ0) is 20.1. The number of hydrogen-bond acceptors (Lipinski definition) is 6. The maximum absolute atomic E-state index is 12.8. The Labute approximate surface area is 172 Å². The fraction of sp³-hybridized carbons (Fsp3) is 0.200. The molecule has 1 fully saturated rings. The maximum atomic E-state index is 12.8. The number of rotatable bonds is 4. The molecular weight excluding hydrogens is 388 g/mol. The van der Waals surface area contributed by atoms with Crippen molar-refractivity contribution in [3.05, 3.63) is 65.8 Å². The van der Waals surface area contributed by atoms with Gasteiger partial charge in [-0.05, 0) is 30.3 Å². The monoisotopic (exact) mass is 408 g/mol. The molecule has 4 rings (SSSR count). The Kier molecular flexibility index (Phi) is 5.66. The Hall–Kier alpha value is -3.46. The smallest absolute Gasteiger partial charge is 0.324 e. The van der Waals surface area contributed by atoms with Gasteiger partial charge in [0.2, 0.25) is 5.95 Å². The van der Waals surface area contributed by atoms with E-state index in [1.54, 1.807) is 30.6 Å². The van der Waals surface area contributed by atoms with Crippen LogP contribution in [0.25, 0.3) is 0 Å². The molecule has 1 aromatic carbocycles. The Morgan fingerprint density at radius 1 is 0.862 bits per heavy atom. The summed E-state index contributed by atoms with van der Waals surface area (Å²) in [6.07, 6.45) is 3.43. The largest absolute Gasteiger partial charge is 0.337 e. The van der Waals surface area contributed by atoms with Crippen molar-refractivity contribution in [1.29, 1.82) is 0 Å². The molecule has 29 heavy (non-hydrogen) atoms. The van der Waals surface area contributed by atoms with Crippen molar-refractivity contribution in [2.45, 2.75) is 0 Å². The number of piperazine rings is 1. The third kappa shape index (κ3) is 4.69. The number of hydrogen-bond donors (Lipinski definition) is 2. The second-order valence-electron chi connectivity index (χ2n) is 6.44. The summed E-state index contributed by atoms with van der Waals surface area (Å²) in [5.41, 5.74) is 0.707. The van der Waals surface area contributed by atoms with Crippen molar-refractivity contribution in [1.82, 2.24) is 14.9 Å². The number of anilines is 3. The molecule has 0 spiro atoms. The molecule has 1 saturated heterocycles. The van der Waals surface area contributed by atoms with Gasteiger partial charge in [-0.15, -0.1) is 11.3 Å². The third-order valence-corrected chi connectivity index (χ3v) is 5.48. The van der Waals surface area contributed by atoms with Gasteiger partial charge < -0.3 is 15.1 Å². The normalized spacial score (nSPS) is 13.8. The highest BCUT2D eigenvalue weighted by Gasteiger charge is 2.24. The van der Waals surface area contributed by atoms with Gasteiger partial charge in [-0.3, -0.25) is 10.1 Å². The molecule has 0 aliphatic carbocycles. The average molecular weight is 408 g/mol. The number of para-hydroxylation sites is 1. The lowest BCUT2D eigenvalue weighted by molar-refractivity contribution is 0.0751. The van der Waals surface area contributed by atoms with Crippen LogP contribution in [0.4, 0.5) is 21.4 Å². The molecule has 9 heteroatoms. The van der Waals surface area contributed by atoms with E-state index in [-0.39, 0.29) is 11.9 Å². The Morgan fingerprint density at radius 3 is 2.31 bits per heavy atom. The molecule has 0 bridgehead atoms. The number of carbonyl (C=O) groups is 2. The second kappa shape index (κ2) is 8.70. The molecule has 3 heterocycles. The van der Waals surface area contributed by atoms with E-state index in [0.29, 0.717) is 47.7 Å². The molecule has 2 aromatic heterocycles. The van der Waals surface area contributed by atoms with Crippen molar-refractivity contribution < 1.29 is 9.59 Å². The minimum absolute atomic E-state index is 0.0276. The molecule has 0 unspecified atom stereocenters. The first kappa shape index (κ1) is 18.9. The highest BCUT2D eigenvalue weighted by atomic mass is 32.1. The summed E-state index contributed by atoms with van der Waals surface area (Å²) in [7, 11) is 0. The summed E-state index contributed by atoms with van der Waals surface area (Å²) in [4.78, 5) is 37.9. The number of amides is 3. The lowest BCUT2D eigenvalue weighted by atomic mass is 10.3. The first-order valence-corrected chi connectivity index (χ1v) is 10.0. The van der Waals surface area contributed by atoms with Crippen LogP contribution in [0.2, 0.25) is 0 Å². The zero-order valence-electron chi connectivity index (χ0n) is 15.6. The van der Waals surface area contributed by atoms with Crippen LogP contribution in [0.1, 0.15) is 9.67 Å². The molecule has 2 N–H and O–H groups in total. The summed E-state index contributed by atoms with van der Waals surface area (Å²) in [5, 5.41) is 6.15. The number of aromatic nitrogens is 2. The lowest BCUT2D eigenvalue weighted by Crippen LogP contribution is -2.49. The van der Waals surface area contributed by atoms with E-state index in [9.17, 15) is 9.59 Å². The molecule has 0 saturated carbocycles. The van der Waals surface area contributed by atoms with Gasteiger partial charge in [0.1, 0.15) is 0 Å². The number of benzene rings is 1. The first-order chi connectivity index (χ1) is 14.2. The van der Waals surface area contributed by atoms with Crippen LogP contribution in [-0.2, 0) is 0 Å². The van der Waals surface area contributed by atoms with Crippen LogP contribution >= 0.6 is 11.3 Å². The van der Waals surface area contributed by atoms with Crippen LogP contribution < -0.4 is 15.5 Å². The van der Waals surface area contributed by atoms with Crippen molar-refractivity contribution in [2.75, 3.05) is 41.7 Å². The van der Waals surface area contributed by atoms with Gasteiger partial charge in [-0.2, -0.15) is 0 Å². The van der Waals surface area contributed by atoms with Crippen LogP contribution in [0.3, 0.4) is 0 Å². The van der Waals surface area contributed by atoms with Crippen LogP contribution in [0.5, 0.6) is 0 Å². The minimum Gasteiger partial charge on any atom is -0.337 e. The molecule has 148 valence electrons. The summed E-state index contributed by atoms with van der Waals surface area (Å²) >= 11 is 1.27. The van der Waals surface area contributed by atoms with Crippen LogP contribution in [0.15, 0.2) is 60.9 Å². The van der Waals surface area contributed by atoms with E-state index in [0.717, 1.165) is 0 Å². The van der Waals surface area contributed by atoms with Gasteiger partial charge in [0.25, 0.3) is 5.91 Å². The van der Waals surface area contributed by atoms with Crippen LogP contribution in [0, 0.1) is 0 Å². The van der Waals surface area contributed by atoms with E-state index in [2.05, 4.69) is 25.5 Å². The van der Waals surface area contributed by atoms with Crippen molar-refractivity contribution in [3.8, 4) is 0 Å². The van der Waals surface area contributed by atoms with E-state index in [4.69, 9.17) is 0 Å². The zero-order valence-corrected chi connectivity index (χ0v) is 16.4. The summed E-state index contributed by atoms with van der Waals surface area (Å²) in [5.74, 6) is 0.659. The molecule has 1 aliphatic heterocycles. The van der Waals surface area contributed by atoms with E-state index in [1.807, 2.05) is 35.2 Å². The van der Waals surface area contributed by atoms with Gasteiger partial charge in [0.05, 0.1) is 9.88 Å². The first-order valence-electron chi connectivity index (χ1n) is 9.23. The number of nitrogens with one attached hydrogen (secondary N) is 2. The molecular formula is C20H20N6O2S. The molecule has 3 amide bonds. The SMILES string of the molecule is O=C(Nc1ccccc1)Nc1ccc(C(=O)N2CCN(c3ncccn3)CC2)s1. The van der Waals surface area contributed by atoms with Gasteiger partial charge in [0, 0.05) is 44.3 Å². The fourth-order valence-corrected chi connectivity index (χ4v) is 3.90. The fourth-order valence-electron chi connectivity index (χ4n) is 3.04. The van der Waals surface area contributed by atoms with Gasteiger partial charge in [-0.25, -0.2) is 14.8 Å². The molecule has 1 aliphatic rings. The Bertz CT molecular complexity index is 971. The van der Waals surface area contributed by atoms with Crippen molar-refractivity contribution >= 4 is 39.9 Å². The summed E-state index contributed by atoms with van der Waals surface area (Å²) in [6, 6.07) is 14.1. The highest BCUT2D eigenvalue weighted by Crippen LogP contribution is 2.24. The number of carbonyl (C=O) groups excluding carboxylic acids is 2. The van der Waals surface area contributed by atoms with Crippen molar-refractivity contribution in [2.24, 2.45) is 0 Å². The molecule has 0 radical (unpaired) electrons.